The van der Waals surface area contributed by atoms with Gasteiger partial charge in [-0.15, -0.1) is 0 Å². The van der Waals surface area contributed by atoms with E-state index in [1.165, 1.54) is 22.5 Å². The van der Waals surface area contributed by atoms with Gasteiger partial charge in [0.2, 0.25) is 0 Å². The Balaban J connectivity index is 1.77. The van der Waals surface area contributed by atoms with Crippen LogP contribution in [0.25, 0.3) is 0 Å². The van der Waals surface area contributed by atoms with Crippen molar-refractivity contribution < 1.29 is 0 Å². The highest BCUT2D eigenvalue weighted by Crippen LogP contribution is 2.32. The average molecular weight is 487 g/mol. The number of hydrogen-bond acceptors (Lipinski definition) is 4. The van der Waals surface area contributed by atoms with Gasteiger partial charge in [-0.25, -0.2) is 0 Å². The minimum Gasteiger partial charge on any atom is -0.321 e. The second-order valence-electron chi connectivity index (χ2n) is 12.2. The number of benzene rings is 2. The second-order valence-corrected chi connectivity index (χ2v) is 12.2. The third-order valence-corrected chi connectivity index (χ3v) is 7.29. The molecule has 2 aromatic rings. The minimum absolute atomic E-state index is 0.290. The standard InChI is InChI=1S/C32H46N4/c1-21(2)15-27-19-35(29-13-9-11-25(17-29)23(5)6)31(33-27)32-34-28(16-22(3)4)20-36(32)30-14-10-12-26(18-30)24(7)8/h9-14,17-18,21-24,27-28H,15-16,19-20H2,1-8H3/t27-,28-/m1/s1. The summed E-state index contributed by atoms with van der Waals surface area (Å²) < 4.78 is 0. The van der Waals surface area contributed by atoms with E-state index < -0.39 is 0 Å². The molecule has 0 spiro atoms. The summed E-state index contributed by atoms with van der Waals surface area (Å²) in [5.74, 6) is 4.30. The molecule has 0 saturated carbocycles. The van der Waals surface area contributed by atoms with Gasteiger partial charge in [0.15, 0.2) is 11.7 Å². The van der Waals surface area contributed by atoms with Crippen molar-refractivity contribution >= 4 is 23.0 Å². The van der Waals surface area contributed by atoms with Crippen LogP contribution >= 0.6 is 0 Å². The molecular formula is C32H46N4. The summed E-state index contributed by atoms with van der Waals surface area (Å²) in [4.78, 5) is 15.6. The molecule has 0 radical (unpaired) electrons. The second kappa shape index (κ2) is 11.2. The lowest BCUT2D eigenvalue weighted by Gasteiger charge is -2.27. The van der Waals surface area contributed by atoms with Crippen molar-refractivity contribution in [3.63, 3.8) is 0 Å². The van der Waals surface area contributed by atoms with Crippen LogP contribution in [0.5, 0.6) is 0 Å². The van der Waals surface area contributed by atoms with E-state index in [1.807, 2.05) is 0 Å². The van der Waals surface area contributed by atoms with Crippen LogP contribution in [0.3, 0.4) is 0 Å². The van der Waals surface area contributed by atoms with E-state index in [0.29, 0.717) is 35.8 Å². The van der Waals surface area contributed by atoms with Gasteiger partial charge in [-0.2, -0.15) is 0 Å². The van der Waals surface area contributed by atoms with Gasteiger partial charge in [-0.3, -0.25) is 9.98 Å². The Kier molecular flexibility index (Phi) is 8.22. The highest BCUT2D eigenvalue weighted by Gasteiger charge is 2.37. The van der Waals surface area contributed by atoms with E-state index in [4.69, 9.17) is 9.98 Å². The van der Waals surface area contributed by atoms with Crippen molar-refractivity contribution in [2.45, 2.75) is 92.2 Å². The highest BCUT2D eigenvalue weighted by molar-refractivity contribution is 6.50. The van der Waals surface area contributed by atoms with Gasteiger partial charge < -0.3 is 9.80 Å². The topological polar surface area (TPSA) is 31.2 Å². The Bertz CT molecular complexity index is 1010. The Hall–Kier alpha value is -2.62. The van der Waals surface area contributed by atoms with Gasteiger partial charge in [0.1, 0.15) is 0 Å². The maximum Gasteiger partial charge on any atom is 0.172 e. The number of hydrogen-bond donors (Lipinski definition) is 0. The number of nitrogens with zero attached hydrogens (tertiary/aromatic N) is 4. The molecule has 0 unspecified atom stereocenters. The van der Waals surface area contributed by atoms with E-state index in [2.05, 4.69) is 114 Å². The molecule has 0 bridgehead atoms. The van der Waals surface area contributed by atoms with Crippen LogP contribution in [0.1, 0.15) is 91.2 Å². The molecular weight excluding hydrogens is 440 g/mol. The van der Waals surface area contributed by atoms with Gasteiger partial charge in [0.05, 0.1) is 12.1 Å². The zero-order valence-corrected chi connectivity index (χ0v) is 23.7. The van der Waals surface area contributed by atoms with Crippen LogP contribution in [-0.4, -0.2) is 36.8 Å². The number of amidine groups is 2. The van der Waals surface area contributed by atoms with Crippen LogP contribution in [0.2, 0.25) is 0 Å². The molecule has 2 heterocycles. The van der Waals surface area contributed by atoms with Gasteiger partial charge in [-0.05, 0) is 71.9 Å². The maximum absolute atomic E-state index is 5.36. The first-order valence-corrected chi connectivity index (χ1v) is 14.0. The molecule has 2 atom stereocenters. The SMILES string of the molecule is CC(C)C[C@@H]1CN(c2cccc(C(C)C)c2)C(C2=N[C@H](CC(C)C)CN2c2cccc(C(C)C)c2)=N1. The van der Waals surface area contributed by atoms with Crippen LogP contribution in [0.4, 0.5) is 11.4 Å². The Morgan fingerprint density at radius 3 is 1.36 bits per heavy atom. The van der Waals surface area contributed by atoms with Crippen molar-refractivity contribution in [1.82, 2.24) is 0 Å². The van der Waals surface area contributed by atoms with Crippen molar-refractivity contribution in [2.24, 2.45) is 21.8 Å². The average Bonchev–Trinajstić information content (AvgIpc) is 3.42. The zero-order chi connectivity index (χ0) is 26.0. The molecule has 194 valence electrons. The summed E-state index contributed by atoms with van der Waals surface area (Å²) in [5, 5.41) is 0. The van der Waals surface area contributed by atoms with E-state index >= 15 is 0 Å². The van der Waals surface area contributed by atoms with Crippen LogP contribution < -0.4 is 9.80 Å². The van der Waals surface area contributed by atoms with Gasteiger partial charge in [0.25, 0.3) is 0 Å². The fraction of sp³-hybridized carbons (Fsp3) is 0.562. The minimum atomic E-state index is 0.290. The Morgan fingerprint density at radius 1 is 0.639 bits per heavy atom. The fourth-order valence-corrected chi connectivity index (χ4v) is 5.42. The maximum atomic E-state index is 5.36. The van der Waals surface area contributed by atoms with Crippen LogP contribution in [0, 0.1) is 11.8 Å². The van der Waals surface area contributed by atoms with E-state index in [0.717, 1.165) is 37.6 Å². The first-order valence-electron chi connectivity index (χ1n) is 14.0. The van der Waals surface area contributed by atoms with Crippen molar-refractivity contribution in [3.8, 4) is 0 Å². The lowest BCUT2D eigenvalue weighted by Crippen LogP contribution is -2.42. The van der Waals surface area contributed by atoms with Crippen molar-refractivity contribution in [2.75, 3.05) is 22.9 Å². The molecule has 0 saturated heterocycles. The van der Waals surface area contributed by atoms with Crippen LogP contribution in [0.15, 0.2) is 58.5 Å². The quantitative estimate of drug-likeness (QED) is 0.361. The summed E-state index contributed by atoms with van der Waals surface area (Å²) in [6, 6.07) is 18.6. The molecule has 0 aliphatic carbocycles. The summed E-state index contributed by atoms with van der Waals surface area (Å²) in [6.07, 6.45) is 2.19. The largest absolute Gasteiger partial charge is 0.321 e. The smallest absolute Gasteiger partial charge is 0.172 e. The van der Waals surface area contributed by atoms with Gasteiger partial charge >= 0.3 is 0 Å². The lowest BCUT2D eigenvalue weighted by atomic mass is 10.0. The summed E-state index contributed by atoms with van der Waals surface area (Å²) in [5.41, 5.74) is 5.20. The third-order valence-electron chi connectivity index (χ3n) is 7.29. The number of aliphatic imine (C=N–C) groups is 2. The van der Waals surface area contributed by atoms with Crippen molar-refractivity contribution in [3.05, 3.63) is 59.7 Å². The van der Waals surface area contributed by atoms with E-state index in [-0.39, 0.29) is 0 Å². The number of rotatable bonds is 9. The molecule has 0 N–H and O–H groups in total. The Morgan fingerprint density at radius 2 is 1.03 bits per heavy atom. The monoisotopic (exact) mass is 486 g/mol. The molecule has 4 heteroatoms. The molecule has 4 rings (SSSR count). The first-order chi connectivity index (χ1) is 17.1. The molecule has 2 aliphatic rings. The normalized spacial score (nSPS) is 20.3. The molecule has 0 aromatic heterocycles. The van der Waals surface area contributed by atoms with Crippen LogP contribution in [-0.2, 0) is 0 Å². The summed E-state index contributed by atoms with van der Waals surface area (Å²) >= 11 is 0. The van der Waals surface area contributed by atoms with Gasteiger partial charge in [0, 0.05) is 24.5 Å². The highest BCUT2D eigenvalue weighted by atomic mass is 15.4. The first kappa shape index (κ1) is 26.4. The number of anilines is 2. The summed E-state index contributed by atoms with van der Waals surface area (Å²) in [7, 11) is 0. The molecule has 36 heavy (non-hydrogen) atoms. The molecule has 2 aromatic carbocycles. The van der Waals surface area contributed by atoms with E-state index in [1.54, 1.807) is 0 Å². The fourth-order valence-electron chi connectivity index (χ4n) is 5.42. The van der Waals surface area contributed by atoms with E-state index in [9.17, 15) is 0 Å². The summed E-state index contributed by atoms with van der Waals surface area (Å²) in [6.45, 7) is 20.1. The predicted molar refractivity (Wildman–Crippen MR) is 157 cm³/mol. The molecule has 4 nitrogen and oxygen atoms in total. The van der Waals surface area contributed by atoms with Crippen molar-refractivity contribution in [1.29, 1.82) is 0 Å². The predicted octanol–water partition coefficient (Wildman–Crippen LogP) is 7.90. The molecule has 2 aliphatic heterocycles. The zero-order valence-electron chi connectivity index (χ0n) is 23.7. The molecule has 0 amide bonds. The lowest BCUT2D eigenvalue weighted by molar-refractivity contribution is 0.514. The van der Waals surface area contributed by atoms with Gasteiger partial charge in [-0.1, -0.05) is 79.7 Å². The third kappa shape index (κ3) is 6.02. The molecule has 0 fully saturated rings. The Labute approximate surface area is 219 Å².